The van der Waals surface area contributed by atoms with Gasteiger partial charge in [0.05, 0.1) is 90.7 Å². The maximum absolute atomic E-state index is 12.7. The predicted molar refractivity (Wildman–Crippen MR) is 401 cm³/mol. The Kier molecular flexibility index (Phi) is 21.6. The summed E-state index contributed by atoms with van der Waals surface area (Å²) in [6.45, 7) is 13.1. The standard InChI is InChI=1S/C28H32N6O3.C26H36N6O3.C25H30N4O4/c1-17-7-8-21-23(33(17)28(36)37-3)9-10-24-26(21)31-25(16-32-14-11-22-27(32)30-13-12-29-22)34(24)20-6-4-5-19(15-20)18(2)35;1-19-5-6-21-22(32(19)26(33)34-3)7-8-23-25(21)28-24(9-14-30-13-4-12-27-30)31(23)16-15-29(2)20-10-17-35-18-11-20;1-16-9-10-19-20(28(16)25(32)33-2)11-12-21-24(19)26-22(15-27-13-4-3-8-23(27)31)29(21)17-6-5-7-18(30)14-17/h9-14,17,19-20H,4-8,15-16H2,1-3H3;4,7-8,12-13,19-20H,5-6,9-11,14-18H2,1-3H3;3-4,8,11-13,16-18,30H,5-7,9-10,14-15H2,1-2H3/t17-,19+,20+;19-;16-,17-,18-/m000/s1. The number of pyridine rings is 1. The molecule has 7 atom stereocenters. The summed E-state index contributed by atoms with van der Waals surface area (Å²) in [5, 5.41) is 14.7. The number of ketones is 1. The van der Waals surface area contributed by atoms with Crippen LogP contribution in [0.2, 0.25) is 0 Å². The molecule has 0 spiro atoms. The molecule has 16 rings (SSSR count). The molecule has 4 aliphatic heterocycles. The first-order valence-corrected chi connectivity index (χ1v) is 37.5. The van der Waals surface area contributed by atoms with Crippen LogP contribution in [0.3, 0.4) is 0 Å². The van der Waals surface area contributed by atoms with Crippen LogP contribution >= 0.6 is 0 Å². The Labute approximate surface area is 610 Å². The molecule has 0 bridgehead atoms. The first kappa shape index (κ1) is 72.2. The number of benzene rings is 3. The van der Waals surface area contributed by atoms with E-state index in [9.17, 15) is 29.1 Å². The summed E-state index contributed by atoms with van der Waals surface area (Å²) in [4.78, 5) is 94.6. The van der Waals surface area contributed by atoms with Gasteiger partial charge >= 0.3 is 18.3 Å². The van der Waals surface area contributed by atoms with Crippen molar-refractivity contribution in [3.05, 3.63) is 148 Å². The number of carbonyl (C=O) groups is 4. The molecule has 554 valence electrons. The summed E-state index contributed by atoms with van der Waals surface area (Å²) in [5.74, 6) is 3.14. The summed E-state index contributed by atoms with van der Waals surface area (Å²) in [7, 11) is 6.49. The van der Waals surface area contributed by atoms with Crippen molar-refractivity contribution in [2.45, 2.75) is 205 Å². The lowest BCUT2D eigenvalue weighted by molar-refractivity contribution is -0.122. The number of hydrogen-bond donors (Lipinski definition) is 1. The Hall–Kier alpha value is -9.79. The normalized spacial score (nSPS) is 21.2. The van der Waals surface area contributed by atoms with Gasteiger partial charge < -0.3 is 51.8 Å². The second-order valence-corrected chi connectivity index (χ2v) is 29.3. The van der Waals surface area contributed by atoms with Gasteiger partial charge in [-0.1, -0.05) is 12.5 Å². The number of amides is 3. The highest BCUT2D eigenvalue weighted by Gasteiger charge is 2.38. The molecular formula is C79H98N16O10. The van der Waals surface area contributed by atoms with E-state index in [0.29, 0.717) is 25.6 Å². The lowest BCUT2D eigenvalue weighted by atomic mass is 9.83. The van der Waals surface area contributed by atoms with Crippen LogP contribution in [0.15, 0.2) is 109 Å². The monoisotopic (exact) mass is 1430 g/mol. The third-order valence-corrected chi connectivity index (χ3v) is 22.9. The third kappa shape index (κ3) is 14.6. The summed E-state index contributed by atoms with van der Waals surface area (Å²) < 4.78 is 33.5. The first-order chi connectivity index (χ1) is 51.0. The van der Waals surface area contributed by atoms with Gasteiger partial charge in [0.1, 0.15) is 28.8 Å². The number of nitrogens with zero attached hydrogens (tertiary/aromatic N) is 16. The van der Waals surface area contributed by atoms with Gasteiger partial charge in [-0.25, -0.2) is 34.3 Å². The molecule has 10 aromatic rings. The second-order valence-electron chi connectivity index (χ2n) is 29.3. The number of carbonyl (C=O) groups excluding carboxylic acids is 4. The van der Waals surface area contributed by atoms with Gasteiger partial charge in [-0.05, 0) is 186 Å². The molecule has 26 nitrogen and oxygen atoms in total. The zero-order chi connectivity index (χ0) is 73.2. The minimum atomic E-state index is -0.367. The number of likely N-dealkylation sites (N-methyl/N-ethyl adjacent to an activating group) is 1. The third-order valence-electron chi connectivity index (χ3n) is 22.9. The number of ether oxygens (including phenoxy) is 4. The largest absolute Gasteiger partial charge is 0.452 e. The topological polar surface area (TPSA) is 262 Å². The molecule has 11 heterocycles. The minimum absolute atomic E-state index is 0.0420. The van der Waals surface area contributed by atoms with Crippen LogP contribution in [0.4, 0.5) is 31.4 Å². The van der Waals surface area contributed by atoms with Gasteiger partial charge in [0, 0.05) is 141 Å². The minimum Gasteiger partial charge on any atom is -0.452 e. The van der Waals surface area contributed by atoms with Crippen LogP contribution in [-0.2, 0) is 75.6 Å². The Morgan fingerprint density at radius 2 is 1.11 bits per heavy atom. The number of Topliss-reactive ketones (excluding diaryl/α,β-unsaturated/α-hetero) is 1. The van der Waals surface area contributed by atoms with Gasteiger partial charge in [-0.2, -0.15) is 5.10 Å². The van der Waals surface area contributed by atoms with Crippen molar-refractivity contribution in [2.24, 2.45) is 5.92 Å². The molecule has 2 saturated carbocycles. The number of imidazole rings is 3. The number of aliphatic hydroxyl groups excluding tert-OH is 1. The summed E-state index contributed by atoms with van der Waals surface area (Å²) >= 11 is 0. The number of rotatable bonds is 14. The molecule has 0 radical (unpaired) electrons. The summed E-state index contributed by atoms with van der Waals surface area (Å²) in [6.07, 6.45) is 24.9. The van der Waals surface area contributed by atoms with Crippen LogP contribution in [0.5, 0.6) is 0 Å². The van der Waals surface area contributed by atoms with Crippen molar-refractivity contribution in [1.29, 1.82) is 0 Å². The fraction of sp³-hybridized carbons (Fsp3) is 0.506. The molecular weight excluding hydrogens is 1330 g/mol. The number of aliphatic hydroxyl groups is 1. The highest BCUT2D eigenvalue weighted by Crippen LogP contribution is 2.44. The maximum atomic E-state index is 12.7. The van der Waals surface area contributed by atoms with Gasteiger partial charge in [-0.3, -0.25) is 34.0 Å². The van der Waals surface area contributed by atoms with Crippen molar-refractivity contribution in [3.63, 3.8) is 0 Å². The molecule has 1 saturated heterocycles. The van der Waals surface area contributed by atoms with E-state index in [4.69, 9.17) is 33.9 Å². The van der Waals surface area contributed by atoms with Gasteiger partial charge in [0.2, 0.25) is 0 Å². The Morgan fingerprint density at radius 3 is 1.67 bits per heavy atom. The summed E-state index contributed by atoms with van der Waals surface area (Å²) in [5.41, 5.74) is 13.5. The van der Waals surface area contributed by atoms with Crippen LogP contribution in [0.25, 0.3) is 44.3 Å². The zero-order valence-electron chi connectivity index (χ0n) is 61.7. The molecule has 3 fully saturated rings. The average Bonchev–Trinajstić information content (AvgIpc) is 1.64. The predicted octanol–water partition coefficient (Wildman–Crippen LogP) is 12.2. The Balaban J connectivity index is 0.000000133. The van der Waals surface area contributed by atoms with Crippen molar-refractivity contribution in [1.82, 2.24) is 62.4 Å². The van der Waals surface area contributed by atoms with E-state index in [0.717, 1.165) is 231 Å². The lowest BCUT2D eigenvalue weighted by Crippen LogP contribution is -2.42. The molecule has 105 heavy (non-hydrogen) atoms. The molecule has 7 aromatic heterocycles. The zero-order valence-corrected chi connectivity index (χ0v) is 61.7. The van der Waals surface area contributed by atoms with E-state index in [1.165, 1.54) is 21.3 Å². The van der Waals surface area contributed by atoms with Crippen molar-refractivity contribution in [3.8, 4) is 0 Å². The van der Waals surface area contributed by atoms with Crippen molar-refractivity contribution < 1.29 is 43.2 Å². The quantitative estimate of drug-likeness (QED) is 0.0992. The van der Waals surface area contributed by atoms with Crippen molar-refractivity contribution >= 4 is 85.4 Å². The van der Waals surface area contributed by atoms with E-state index < -0.39 is 0 Å². The highest BCUT2D eigenvalue weighted by atomic mass is 16.6. The maximum Gasteiger partial charge on any atom is 0.414 e. The van der Waals surface area contributed by atoms with Gasteiger partial charge in [0.15, 0.2) is 5.65 Å². The molecule has 3 aromatic carbocycles. The smallest absolute Gasteiger partial charge is 0.414 e. The van der Waals surface area contributed by atoms with E-state index in [-0.39, 0.29) is 71.9 Å². The Bertz CT molecular complexity index is 4850. The number of anilines is 3. The molecule has 0 unspecified atom stereocenters. The number of aromatic nitrogens is 12. The SMILES string of the molecule is COC(=O)N1c2ccc3c(nc(CCn4cccn4)n3CCN(C)C3CCOCC3)c2CC[C@@H]1C.COC(=O)N1c2ccc3c(nc(Cn4ccc5nccnc54)n3[C@@H]3CCC[C@@H](C(C)=O)C3)c2CC[C@@H]1C.COC(=O)N1c2ccc3c(nc(Cn4ccccc4=O)n3[C@H]3CCC[C@H](O)C3)c2CC[C@@H]1C. The molecule has 26 heteroatoms. The highest BCUT2D eigenvalue weighted by molar-refractivity contribution is 5.98. The fourth-order valence-corrected chi connectivity index (χ4v) is 17.3. The van der Waals surface area contributed by atoms with Crippen LogP contribution in [0.1, 0.15) is 157 Å². The fourth-order valence-electron chi connectivity index (χ4n) is 17.3. The van der Waals surface area contributed by atoms with E-state index >= 15 is 0 Å². The average molecular weight is 1430 g/mol. The van der Waals surface area contributed by atoms with Crippen LogP contribution in [0, 0.1) is 5.92 Å². The lowest BCUT2D eigenvalue weighted by Gasteiger charge is -2.34. The van der Waals surface area contributed by atoms with E-state index in [2.05, 4.69) is 77.3 Å². The first-order valence-electron chi connectivity index (χ1n) is 37.5. The number of fused-ring (bicyclic) bond motifs is 10. The van der Waals surface area contributed by atoms with E-state index in [1.807, 2.05) is 66.6 Å². The van der Waals surface area contributed by atoms with Gasteiger partial charge in [0.25, 0.3) is 5.56 Å². The van der Waals surface area contributed by atoms with Crippen molar-refractivity contribution in [2.75, 3.05) is 62.8 Å². The number of aryl methyl sites for hydroxylation is 5. The van der Waals surface area contributed by atoms with E-state index in [1.54, 1.807) is 56.9 Å². The second kappa shape index (κ2) is 31.5. The summed E-state index contributed by atoms with van der Waals surface area (Å²) in [6, 6.07) is 22.4. The Morgan fingerprint density at radius 1 is 0.571 bits per heavy atom. The van der Waals surface area contributed by atoms with Crippen LogP contribution < -0.4 is 20.3 Å². The van der Waals surface area contributed by atoms with Gasteiger partial charge in [-0.15, -0.1) is 0 Å². The molecule has 6 aliphatic rings. The number of methoxy groups -OCH3 is 3. The van der Waals surface area contributed by atoms with Crippen LogP contribution in [-0.4, -0.2) is 170 Å². The molecule has 2 aliphatic carbocycles. The molecule has 3 amide bonds. The number of hydrogen-bond acceptors (Lipinski definition) is 17. The molecule has 1 N–H and O–H groups in total.